The number of aliphatic imine (C=N–C) groups is 1. The largest absolute Gasteiger partial charge is 0.379 e. The Morgan fingerprint density at radius 2 is 1.95 bits per heavy atom. The molecule has 5 heteroatoms. The topological polar surface area (TPSA) is 48.9 Å². The zero-order valence-corrected chi connectivity index (χ0v) is 12.9. The molecular formula is C14H30N4O. The van der Waals surface area contributed by atoms with Gasteiger partial charge in [0.15, 0.2) is 5.96 Å². The fourth-order valence-corrected chi connectivity index (χ4v) is 2.12. The molecule has 0 aliphatic carbocycles. The highest BCUT2D eigenvalue weighted by Crippen LogP contribution is 2.03. The molecule has 0 bridgehead atoms. The van der Waals surface area contributed by atoms with Gasteiger partial charge in [-0.05, 0) is 26.7 Å². The third kappa shape index (κ3) is 7.38. The first kappa shape index (κ1) is 16.2. The quantitative estimate of drug-likeness (QED) is 0.556. The molecule has 19 heavy (non-hydrogen) atoms. The summed E-state index contributed by atoms with van der Waals surface area (Å²) >= 11 is 0. The van der Waals surface area contributed by atoms with Gasteiger partial charge < -0.3 is 15.4 Å². The second kappa shape index (κ2) is 9.15. The van der Waals surface area contributed by atoms with Crippen LogP contribution in [0.5, 0.6) is 0 Å². The van der Waals surface area contributed by atoms with Crippen LogP contribution in [0.25, 0.3) is 0 Å². The van der Waals surface area contributed by atoms with Crippen molar-refractivity contribution in [3.63, 3.8) is 0 Å². The summed E-state index contributed by atoms with van der Waals surface area (Å²) in [7, 11) is 0. The van der Waals surface area contributed by atoms with Gasteiger partial charge in [0, 0.05) is 38.8 Å². The highest BCUT2D eigenvalue weighted by molar-refractivity contribution is 5.79. The van der Waals surface area contributed by atoms with E-state index in [1.54, 1.807) is 0 Å². The van der Waals surface area contributed by atoms with E-state index in [1.807, 2.05) is 0 Å². The maximum Gasteiger partial charge on any atom is 0.191 e. The maximum atomic E-state index is 5.37. The van der Waals surface area contributed by atoms with Gasteiger partial charge in [-0.2, -0.15) is 0 Å². The Labute approximate surface area is 117 Å². The molecule has 0 amide bonds. The lowest BCUT2D eigenvalue weighted by molar-refractivity contribution is 0.0323. The molecular weight excluding hydrogens is 240 g/mol. The van der Waals surface area contributed by atoms with E-state index < -0.39 is 0 Å². The van der Waals surface area contributed by atoms with Crippen molar-refractivity contribution in [3.8, 4) is 0 Å². The second-order valence-corrected chi connectivity index (χ2v) is 5.54. The Hall–Kier alpha value is -0.810. The van der Waals surface area contributed by atoms with Crippen molar-refractivity contribution < 1.29 is 4.74 Å². The number of ether oxygens (including phenoxy) is 1. The smallest absolute Gasteiger partial charge is 0.191 e. The van der Waals surface area contributed by atoms with Crippen LogP contribution in [0.3, 0.4) is 0 Å². The van der Waals surface area contributed by atoms with Gasteiger partial charge in [0.25, 0.3) is 0 Å². The van der Waals surface area contributed by atoms with Gasteiger partial charge in [-0.25, -0.2) is 0 Å². The zero-order chi connectivity index (χ0) is 14.1. The molecule has 1 aliphatic heterocycles. The SMILES string of the molecule is CCNC(=NCC(C)CN1CCOCC1)NC(C)C. The standard InChI is InChI=1S/C14H30N4O/c1-5-15-14(17-12(2)3)16-10-13(4)11-18-6-8-19-9-7-18/h12-13H,5-11H2,1-4H3,(H2,15,16,17). The molecule has 1 heterocycles. The summed E-state index contributed by atoms with van der Waals surface area (Å²) in [5, 5.41) is 6.62. The van der Waals surface area contributed by atoms with Crippen LogP contribution in [0, 0.1) is 5.92 Å². The summed E-state index contributed by atoms with van der Waals surface area (Å²) in [6, 6.07) is 0.410. The highest BCUT2D eigenvalue weighted by atomic mass is 16.5. The predicted molar refractivity (Wildman–Crippen MR) is 80.7 cm³/mol. The van der Waals surface area contributed by atoms with Gasteiger partial charge in [0.2, 0.25) is 0 Å². The number of hydrogen-bond donors (Lipinski definition) is 2. The molecule has 1 rings (SSSR count). The Balaban J connectivity index is 2.33. The molecule has 112 valence electrons. The zero-order valence-electron chi connectivity index (χ0n) is 12.9. The first-order valence-corrected chi connectivity index (χ1v) is 7.46. The molecule has 5 nitrogen and oxygen atoms in total. The molecule has 1 aliphatic rings. The maximum absolute atomic E-state index is 5.37. The molecule has 2 N–H and O–H groups in total. The lowest BCUT2D eigenvalue weighted by atomic mass is 10.1. The third-order valence-electron chi connectivity index (χ3n) is 3.00. The third-order valence-corrected chi connectivity index (χ3v) is 3.00. The Morgan fingerprint density at radius 3 is 2.53 bits per heavy atom. The molecule has 0 aromatic carbocycles. The van der Waals surface area contributed by atoms with E-state index in [2.05, 4.69) is 48.2 Å². The fraction of sp³-hybridized carbons (Fsp3) is 0.929. The van der Waals surface area contributed by atoms with Crippen molar-refractivity contribution >= 4 is 5.96 Å². The van der Waals surface area contributed by atoms with E-state index >= 15 is 0 Å². The van der Waals surface area contributed by atoms with Crippen LogP contribution in [0.1, 0.15) is 27.7 Å². The summed E-state index contributed by atoms with van der Waals surface area (Å²) in [6.07, 6.45) is 0. The van der Waals surface area contributed by atoms with Crippen molar-refractivity contribution in [3.05, 3.63) is 0 Å². The number of nitrogens with zero attached hydrogens (tertiary/aromatic N) is 2. The summed E-state index contributed by atoms with van der Waals surface area (Å²) in [6.45, 7) is 15.3. The number of rotatable bonds is 6. The molecule has 0 spiro atoms. The van der Waals surface area contributed by atoms with Crippen LogP contribution in [0.2, 0.25) is 0 Å². The Bertz CT molecular complexity index is 262. The van der Waals surface area contributed by atoms with Crippen molar-refractivity contribution in [1.29, 1.82) is 0 Å². The first-order chi connectivity index (χ1) is 9.11. The second-order valence-electron chi connectivity index (χ2n) is 5.54. The van der Waals surface area contributed by atoms with Gasteiger partial charge in [-0.15, -0.1) is 0 Å². The number of nitrogens with one attached hydrogen (secondary N) is 2. The van der Waals surface area contributed by atoms with E-state index in [0.717, 1.165) is 51.9 Å². The lowest BCUT2D eigenvalue weighted by Crippen LogP contribution is -2.42. The molecule has 1 fully saturated rings. The fourth-order valence-electron chi connectivity index (χ4n) is 2.12. The molecule has 1 saturated heterocycles. The average Bonchev–Trinajstić information content (AvgIpc) is 2.37. The van der Waals surface area contributed by atoms with Crippen molar-refractivity contribution in [2.24, 2.45) is 10.9 Å². The summed E-state index contributed by atoms with van der Waals surface area (Å²) < 4.78 is 5.37. The number of morpholine rings is 1. The van der Waals surface area contributed by atoms with E-state index in [1.165, 1.54) is 0 Å². The van der Waals surface area contributed by atoms with Gasteiger partial charge in [0.05, 0.1) is 13.2 Å². The van der Waals surface area contributed by atoms with Gasteiger partial charge in [0.1, 0.15) is 0 Å². The van der Waals surface area contributed by atoms with E-state index in [0.29, 0.717) is 12.0 Å². The minimum Gasteiger partial charge on any atom is -0.379 e. The van der Waals surface area contributed by atoms with E-state index in [4.69, 9.17) is 4.74 Å². The summed E-state index contributed by atoms with van der Waals surface area (Å²) in [5.41, 5.74) is 0. The van der Waals surface area contributed by atoms with Crippen LogP contribution in [0.15, 0.2) is 4.99 Å². The molecule has 0 aromatic rings. The van der Waals surface area contributed by atoms with Gasteiger partial charge >= 0.3 is 0 Å². The number of guanidine groups is 1. The summed E-state index contributed by atoms with van der Waals surface area (Å²) in [5.74, 6) is 1.49. The van der Waals surface area contributed by atoms with Crippen LogP contribution < -0.4 is 10.6 Å². The van der Waals surface area contributed by atoms with Crippen molar-refractivity contribution in [1.82, 2.24) is 15.5 Å². The first-order valence-electron chi connectivity index (χ1n) is 7.46. The van der Waals surface area contributed by atoms with Gasteiger partial charge in [-0.1, -0.05) is 6.92 Å². The molecule has 0 radical (unpaired) electrons. The predicted octanol–water partition coefficient (Wildman–Crippen LogP) is 0.918. The highest BCUT2D eigenvalue weighted by Gasteiger charge is 2.13. The van der Waals surface area contributed by atoms with Crippen molar-refractivity contribution in [2.75, 3.05) is 45.9 Å². The lowest BCUT2D eigenvalue weighted by Gasteiger charge is -2.28. The van der Waals surface area contributed by atoms with Crippen LogP contribution in [-0.2, 0) is 4.74 Å². The molecule has 0 saturated carbocycles. The van der Waals surface area contributed by atoms with Crippen LogP contribution in [0.4, 0.5) is 0 Å². The molecule has 1 unspecified atom stereocenters. The normalized spacial score (nSPS) is 19.5. The van der Waals surface area contributed by atoms with Crippen LogP contribution in [-0.4, -0.2) is 62.8 Å². The molecule has 1 atom stereocenters. The van der Waals surface area contributed by atoms with E-state index in [9.17, 15) is 0 Å². The Kier molecular flexibility index (Phi) is 7.82. The Morgan fingerprint density at radius 1 is 1.26 bits per heavy atom. The van der Waals surface area contributed by atoms with Crippen LogP contribution >= 0.6 is 0 Å². The minimum atomic E-state index is 0.410. The average molecular weight is 270 g/mol. The summed E-state index contributed by atoms with van der Waals surface area (Å²) in [4.78, 5) is 7.12. The van der Waals surface area contributed by atoms with E-state index in [-0.39, 0.29) is 0 Å². The monoisotopic (exact) mass is 270 g/mol. The van der Waals surface area contributed by atoms with Crippen molar-refractivity contribution in [2.45, 2.75) is 33.7 Å². The molecule has 0 aromatic heterocycles. The van der Waals surface area contributed by atoms with Gasteiger partial charge in [-0.3, -0.25) is 9.89 Å². The number of hydrogen-bond acceptors (Lipinski definition) is 3. The minimum absolute atomic E-state index is 0.410.